The van der Waals surface area contributed by atoms with Gasteiger partial charge in [-0.25, -0.2) is 0 Å². The molecule has 0 saturated heterocycles. The molecule has 25 heavy (non-hydrogen) atoms. The van der Waals surface area contributed by atoms with E-state index >= 15 is 0 Å². The Morgan fingerprint density at radius 1 is 0.760 bits per heavy atom. The number of carbonyl (C=O) groups is 3. The molecule has 1 atom stereocenters. The molecule has 0 fully saturated rings. The fourth-order valence-electron chi connectivity index (χ4n) is 2.90. The molecular weight excluding hydrogens is 334 g/mol. The van der Waals surface area contributed by atoms with Crippen LogP contribution in [0.15, 0.2) is 0 Å². The Hall–Kier alpha value is -0.840. The number of ketones is 1. The fraction of sp³-hybridized carbons (Fsp3) is 0.850. The summed E-state index contributed by atoms with van der Waals surface area (Å²) in [5, 5.41) is -1.25. The van der Waals surface area contributed by atoms with Crippen molar-refractivity contribution in [3.8, 4) is 0 Å². The van der Waals surface area contributed by atoms with Crippen molar-refractivity contribution in [3.63, 3.8) is 0 Å². The standard InChI is InChI=1S/C20H37NO3S/c1-3-4-5-6-7-8-9-10-11-12-13-14-15-16-18(23)19(20(21)24)25-17(2)22/h19H,3-16H2,1-2H3,(H2,21,24). The molecule has 0 aromatic heterocycles. The topological polar surface area (TPSA) is 77.2 Å². The molecule has 146 valence electrons. The van der Waals surface area contributed by atoms with E-state index in [0.29, 0.717) is 6.42 Å². The van der Waals surface area contributed by atoms with Crippen LogP contribution in [0.3, 0.4) is 0 Å². The van der Waals surface area contributed by atoms with Crippen molar-refractivity contribution in [1.29, 1.82) is 0 Å². The van der Waals surface area contributed by atoms with Crippen LogP contribution in [0, 0.1) is 0 Å². The van der Waals surface area contributed by atoms with Crippen molar-refractivity contribution in [2.45, 2.75) is 109 Å². The minimum atomic E-state index is -1.00. The second kappa shape index (κ2) is 16.6. The second-order valence-corrected chi connectivity index (χ2v) is 8.13. The lowest BCUT2D eigenvalue weighted by atomic mass is 10.0. The number of nitrogens with two attached hydrogens (primary N) is 1. The fourth-order valence-corrected chi connectivity index (χ4v) is 3.59. The van der Waals surface area contributed by atoms with E-state index in [1.54, 1.807) is 0 Å². The molecule has 0 aliphatic heterocycles. The number of rotatable bonds is 17. The first-order valence-electron chi connectivity index (χ1n) is 9.98. The van der Waals surface area contributed by atoms with Gasteiger partial charge in [-0.1, -0.05) is 95.7 Å². The summed E-state index contributed by atoms with van der Waals surface area (Å²) in [5.74, 6) is -0.921. The summed E-state index contributed by atoms with van der Waals surface area (Å²) in [4.78, 5) is 34.2. The summed E-state index contributed by atoms with van der Waals surface area (Å²) in [5.41, 5.74) is 5.20. The minimum absolute atomic E-state index is 0.212. The number of carbonyl (C=O) groups excluding carboxylic acids is 3. The smallest absolute Gasteiger partial charge is 0.238 e. The molecule has 1 amide bonds. The Morgan fingerprint density at radius 3 is 1.52 bits per heavy atom. The zero-order valence-electron chi connectivity index (χ0n) is 16.2. The number of Topliss-reactive ketones (excluding diaryl/α,β-unsaturated/α-hetero) is 1. The summed E-state index contributed by atoms with van der Waals surface area (Å²) in [6.07, 6.45) is 16.6. The second-order valence-electron chi connectivity index (χ2n) is 6.85. The highest BCUT2D eigenvalue weighted by Crippen LogP contribution is 2.17. The van der Waals surface area contributed by atoms with Crippen LogP contribution < -0.4 is 5.73 Å². The van der Waals surface area contributed by atoms with E-state index in [9.17, 15) is 14.4 Å². The zero-order chi connectivity index (χ0) is 18.9. The maximum Gasteiger partial charge on any atom is 0.238 e. The number of unbranched alkanes of at least 4 members (excludes halogenated alkanes) is 12. The van der Waals surface area contributed by atoms with E-state index < -0.39 is 11.2 Å². The van der Waals surface area contributed by atoms with Gasteiger partial charge in [0.2, 0.25) is 5.91 Å². The summed E-state index contributed by atoms with van der Waals surface area (Å²) < 4.78 is 0. The maximum atomic E-state index is 11.9. The first-order chi connectivity index (χ1) is 12.0. The van der Waals surface area contributed by atoms with Crippen LogP contribution in [-0.2, 0) is 14.4 Å². The molecule has 0 aromatic rings. The van der Waals surface area contributed by atoms with E-state index in [1.165, 1.54) is 71.1 Å². The van der Waals surface area contributed by atoms with Gasteiger partial charge >= 0.3 is 0 Å². The highest BCUT2D eigenvalue weighted by molar-refractivity contribution is 8.15. The molecule has 0 aliphatic carbocycles. The van der Waals surface area contributed by atoms with Gasteiger partial charge in [-0.15, -0.1) is 0 Å². The lowest BCUT2D eigenvalue weighted by Gasteiger charge is -2.09. The molecule has 0 aromatic carbocycles. The average molecular weight is 372 g/mol. The molecular formula is C20H37NO3S. The van der Waals surface area contributed by atoms with E-state index in [-0.39, 0.29) is 10.9 Å². The van der Waals surface area contributed by atoms with Crippen LogP contribution in [0.4, 0.5) is 0 Å². The van der Waals surface area contributed by atoms with Gasteiger partial charge in [0.1, 0.15) is 5.25 Å². The largest absolute Gasteiger partial charge is 0.368 e. The van der Waals surface area contributed by atoms with Gasteiger partial charge in [-0.2, -0.15) is 0 Å². The van der Waals surface area contributed by atoms with Crippen LogP contribution in [0.5, 0.6) is 0 Å². The van der Waals surface area contributed by atoms with Crippen molar-refractivity contribution in [1.82, 2.24) is 0 Å². The Morgan fingerprint density at radius 2 is 1.16 bits per heavy atom. The Balaban J connectivity index is 3.49. The number of primary amides is 1. The maximum absolute atomic E-state index is 11.9. The summed E-state index contributed by atoms with van der Waals surface area (Å²) in [6.45, 7) is 3.59. The first kappa shape index (κ1) is 24.2. The van der Waals surface area contributed by atoms with Gasteiger partial charge in [0.25, 0.3) is 0 Å². The van der Waals surface area contributed by atoms with Crippen LogP contribution in [-0.4, -0.2) is 22.1 Å². The highest BCUT2D eigenvalue weighted by atomic mass is 32.2. The first-order valence-corrected chi connectivity index (χ1v) is 10.9. The molecule has 0 radical (unpaired) electrons. The minimum Gasteiger partial charge on any atom is -0.368 e. The zero-order valence-corrected chi connectivity index (χ0v) is 17.0. The number of amides is 1. The molecule has 0 heterocycles. The van der Waals surface area contributed by atoms with Gasteiger partial charge in [0.05, 0.1) is 0 Å². The van der Waals surface area contributed by atoms with Gasteiger partial charge in [0.15, 0.2) is 10.9 Å². The Bertz CT molecular complexity index is 385. The predicted molar refractivity (Wildman–Crippen MR) is 107 cm³/mol. The summed E-state index contributed by atoms with van der Waals surface area (Å²) >= 11 is 0.738. The van der Waals surface area contributed by atoms with Gasteiger partial charge in [-0.3, -0.25) is 14.4 Å². The predicted octanol–water partition coefficient (Wildman–Crippen LogP) is 5.17. The lowest BCUT2D eigenvalue weighted by Crippen LogP contribution is -2.33. The van der Waals surface area contributed by atoms with Gasteiger partial charge in [0, 0.05) is 13.3 Å². The molecule has 0 bridgehead atoms. The third-order valence-corrected chi connectivity index (χ3v) is 5.42. The van der Waals surface area contributed by atoms with Crippen molar-refractivity contribution in [3.05, 3.63) is 0 Å². The molecule has 5 heteroatoms. The normalized spacial score (nSPS) is 12.1. The molecule has 0 aliphatic rings. The quantitative estimate of drug-likeness (QED) is 0.282. The summed E-state index contributed by atoms with van der Waals surface area (Å²) in [7, 11) is 0. The number of hydrogen-bond acceptors (Lipinski definition) is 4. The third-order valence-electron chi connectivity index (χ3n) is 4.36. The molecule has 1 unspecified atom stereocenters. The van der Waals surface area contributed by atoms with Crippen LogP contribution in [0.25, 0.3) is 0 Å². The van der Waals surface area contributed by atoms with Crippen molar-refractivity contribution in [2.24, 2.45) is 5.73 Å². The van der Waals surface area contributed by atoms with Crippen LogP contribution >= 0.6 is 11.8 Å². The van der Waals surface area contributed by atoms with Crippen molar-refractivity contribution in [2.75, 3.05) is 0 Å². The van der Waals surface area contributed by atoms with Crippen molar-refractivity contribution < 1.29 is 14.4 Å². The molecule has 2 N–H and O–H groups in total. The van der Waals surface area contributed by atoms with E-state index in [2.05, 4.69) is 6.92 Å². The number of hydrogen-bond donors (Lipinski definition) is 1. The average Bonchev–Trinajstić information content (AvgIpc) is 2.56. The molecule has 0 saturated carbocycles. The highest BCUT2D eigenvalue weighted by Gasteiger charge is 2.25. The van der Waals surface area contributed by atoms with Gasteiger partial charge in [-0.05, 0) is 6.42 Å². The van der Waals surface area contributed by atoms with Crippen molar-refractivity contribution >= 4 is 28.6 Å². The third kappa shape index (κ3) is 15.2. The Kier molecular flexibility index (Phi) is 16.1. The lowest BCUT2D eigenvalue weighted by molar-refractivity contribution is -0.126. The Labute approximate surface area is 158 Å². The van der Waals surface area contributed by atoms with Gasteiger partial charge < -0.3 is 5.73 Å². The van der Waals surface area contributed by atoms with Crippen LogP contribution in [0.1, 0.15) is 104 Å². The van der Waals surface area contributed by atoms with E-state index in [1.807, 2.05) is 0 Å². The molecule has 0 spiro atoms. The van der Waals surface area contributed by atoms with Crippen LogP contribution in [0.2, 0.25) is 0 Å². The number of thioether (sulfide) groups is 1. The van der Waals surface area contributed by atoms with E-state index in [4.69, 9.17) is 5.73 Å². The molecule has 4 nitrogen and oxygen atoms in total. The van der Waals surface area contributed by atoms with E-state index in [0.717, 1.165) is 31.0 Å². The monoisotopic (exact) mass is 371 g/mol. The molecule has 0 rings (SSSR count). The summed E-state index contributed by atoms with van der Waals surface area (Å²) in [6, 6.07) is 0. The SMILES string of the molecule is CCCCCCCCCCCCCCCC(=O)C(SC(C)=O)C(N)=O.